The van der Waals surface area contributed by atoms with E-state index in [1.807, 2.05) is 0 Å². The molecule has 11 heavy (non-hydrogen) atoms. The summed E-state index contributed by atoms with van der Waals surface area (Å²) in [5, 5.41) is 0. The first-order valence-corrected chi connectivity index (χ1v) is 3.52. The van der Waals surface area contributed by atoms with E-state index in [-0.39, 0.29) is 12.2 Å². The van der Waals surface area contributed by atoms with Crippen LogP contribution in [0.3, 0.4) is 0 Å². The van der Waals surface area contributed by atoms with Crippen molar-refractivity contribution in [2.24, 2.45) is 0 Å². The number of carbonyl (C=O) groups excluding carboxylic acids is 2. The summed E-state index contributed by atoms with van der Waals surface area (Å²) in [6.45, 7) is 8.40. The Kier molecular flexibility index (Phi) is 10.6. The van der Waals surface area contributed by atoms with Crippen molar-refractivity contribution < 1.29 is 14.3 Å². The van der Waals surface area contributed by atoms with Crippen molar-refractivity contribution in [2.75, 3.05) is 6.61 Å². The molecule has 1 radical (unpaired) electrons. The molecule has 0 heterocycles. The van der Waals surface area contributed by atoms with Crippen LogP contribution in [0.5, 0.6) is 0 Å². The minimum absolute atomic E-state index is 0.103. The highest BCUT2D eigenvalue weighted by Crippen LogP contribution is 1.86. The molecule has 0 bridgehead atoms. The molecule has 0 spiro atoms. The van der Waals surface area contributed by atoms with Crippen LogP contribution in [-0.2, 0) is 14.3 Å². The molecule has 0 aromatic heterocycles. The van der Waals surface area contributed by atoms with Crippen molar-refractivity contribution in [2.45, 2.75) is 27.2 Å². The molecule has 0 rings (SSSR count). The number of ketones is 1. The lowest BCUT2D eigenvalue weighted by Crippen LogP contribution is -2.07. The second-order valence-corrected chi connectivity index (χ2v) is 1.68. The van der Waals surface area contributed by atoms with Crippen LogP contribution in [0.4, 0.5) is 0 Å². The maximum absolute atomic E-state index is 10.4. The number of carbonyl (C=O) groups is 2. The summed E-state index contributed by atoms with van der Waals surface area (Å²) >= 11 is 0. The normalized spacial score (nSPS) is 7.64. The molecule has 3 heteroatoms. The van der Waals surface area contributed by atoms with Gasteiger partial charge in [0.25, 0.3) is 0 Å². The predicted molar refractivity (Wildman–Crippen MR) is 43.0 cm³/mol. The molecule has 0 aliphatic carbocycles. The summed E-state index contributed by atoms with van der Waals surface area (Å²) in [5.41, 5.74) is 0. The van der Waals surface area contributed by atoms with Crippen LogP contribution >= 0.6 is 0 Å². The van der Waals surface area contributed by atoms with E-state index in [2.05, 4.69) is 11.7 Å². The summed E-state index contributed by atoms with van der Waals surface area (Å²) in [5.74, 6) is -0.599. The Balaban J connectivity index is 0. The molecule has 3 nitrogen and oxygen atoms in total. The van der Waals surface area contributed by atoms with E-state index in [0.717, 1.165) is 0 Å². The second-order valence-electron chi connectivity index (χ2n) is 1.68. The average molecular weight is 159 g/mol. The van der Waals surface area contributed by atoms with Gasteiger partial charge in [0, 0.05) is 0 Å². The van der Waals surface area contributed by atoms with Crippen molar-refractivity contribution >= 4 is 11.8 Å². The Morgan fingerprint density at radius 1 is 1.36 bits per heavy atom. The first-order valence-electron chi connectivity index (χ1n) is 3.52. The molecular weight excluding hydrogens is 144 g/mol. The second kappa shape index (κ2) is 9.14. The quantitative estimate of drug-likeness (QED) is 0.461. The lowest BCUT2D eigenvalue weighted by atomic mass is 10.3. The monoisotopic (exact) mass is 159 g/mol. The van der Waals surface area contributed by atoms with Gasteiger partial charge >= 0.3 is 5.97 Å². The Morgan fingerprint density at radius 2 is 1.82 bits per heavy atom. The first kappa shape index (κ1) is 12.8. The standard InChI is InChI=1S/C6H10O3.C2H5/c1-3-9-6(8)4-5(2)7;1-2/h3-4H2,1-2H3;1H2,2H3. The Morgan fingerprint density at radius 3 is 2.09 bits per heavy atom. The Bertz CT molecular complexity index is 119. The van der Waals surface area contributed by atoms with Crippen molar-refractivity contribution in [1.82, 2.24) is 0 Å². The van der Waals surface area contributed by atoms with Gasteiger partial charge in [-0.05, 0) is 13.8 Å². The maximum Gasteiger partial charge on any atom is 0.313 e. The molecule has 0 aromatic rings. The molecular formula is C8H15O3. The van der Waals surface area contributed by atoms with E-state index in [1.165, 1.54) is 6.92 Å². The van der Waals surface area contributed by atoms with Gasteiger partial charge in [0.15, 0.2) is 0 Å². The van der Waals surface area contributed by atoms with E-state index in [0.29, 0.717) is 6.61 Å². The van der Waals surface area contributed by atoms with Gasteiger partial charge in [0.05, 0.1) is 6.61 Å². The molecule has 0 fully saturated rings. The van der Waals surface area contributed by atoms with Gasteiger partial charge in [0.2, 0.25) is 0 Å². The summed E-state index contributed by atoms with van der Waals surface area (Å²) in [6, 6.07) is 0. The molecule has 0 amide bonds. The predicted octanol–water partition coefficient (Wildman–Crippen LogP) is 1.37. The fourth-order valence-corrected chi connectivity index (χ4v) is 0.415. The van der Waals surface area contributed by atoms with E-state index in [4.69, 9.17) is 0 Å². The smallest absolute Gasteiger partial charge is 0.313 e. The highest BCUT2D eigenvalue weighted by Gasteiger charge is 2.03. The molecule has 0 unspecified atom stereocenters. The molecule has 0 aliphatic rings. The van der Waals surface area contributed by atoms with Gasteiger partial charge in [-0.25, -0.2) is 0 Å². The van der Waals surface area contributed by atoms with Crippen LogP contribution in [0.25, 0.3) is 0 Å². The molecule has 0 N–H and O–H groups in total. The average Bonchev–Trinajstić information content (AvgIpc) is 1.91. The minimum Gasteiger partial charge on any atom is -0.466 e. The van der Waals surface area contributed by atoms with E-state index in [9.17, 15) is 9.59 Å². The van der Waals surface area contributed by atoms with Crippen molar-refractivity contribution in [1.29, 1.82) is 0 Å². The van der Waals surface area contributed by atoms with Gasteiger partial charge in [-0.3, -0.25) is 9.59 Å². The molecule has 0 atom stereocenters. The molecule has 0 saturated heterocycles. The fourth-order valence-electron chi connectivity index (χ4n) is 0.415. The van der Waals surface area contributed by atoms with E-state index >= 15 is 0 Å². The zero-order chi connectivity index (χ0) is 9.28. The first-order chi connectivity index (χ1) is 5.16. The number of rotatable bonds is 3. The van der Waals surface area contributed by atoms with Crippen LogP contribution in [0.1, 0.15) is 27.2 Å². The van der Waals surface area contributed by atoms with Crippen LogP contribution in [0.2, 0.25) is 0 Å². The third-order valence-electron chi connectivity index (χ3n) is 0.699. The SMILES string of the molecule is CCOC(=O)CC(C)=O.[CH2]C. The fraction of sp³-hybridized carbons (Fsp3) is 0.625. The molecule has 0 saturated carbocycles. The van der Waals surface area contributed by atoms with Crippen molar-refractivity contribution in [3.8, 4) is 0 Å². The van der Waals surface area contributed by atoms with E-state index < -0.39 is 5.97 Å². The number of ether oxygens (including phenoxy) is 1. The number of Topliss-reactive ketones (excluding diaryl/α,β-unsaturated/α-hetero) is 1. The maximum atomic E-state index is 10.4. The van der Waals surface area contributed by atoms with Crippen LogP contribution in [0, 0.1) is 6.92 Å². The molecule has 0 aliphatic heterocycles. The Labute approximate surface area is 67.7 Å². The summed E-state index contributed by atoms with van der Waals surface area (Å²) in [4.78, 5) is 20.6. The molecule has 0 aromatic carbocycles. The lowest BCUT2D eigenvalue weighted by molar-refractivity contribution is -0.145. The lowest BCUT2D eigenvalue weighted by Gasteiger charge is -1.96. The third kappa shape index (κ3) is 12.4. The zero-order valence-corrected chi connectivity index (χ0v) is 7.35. The van der Waals surface area contributed by atoms with Crippen molar-refractivity contribution in [3.05, 3.63) is 6.92 Å². The summed E-state index contributed by atoms with van der Waals surface area (Å²) < 4.78 is 4.49. The number of hydrogen-bond acceptors (Lipinski definition) is 3. The Hall–Kier alpha value is -0.860. The zero-order valence-electron chi connectivity index (χ0n) is 7.35. The summed E-state index contributed by atoms with van der Waals surface area (Å²) in [7, 11) is 0. The molecule has 65 valence electrons. The summed E-state index contributed by atoms with van der Waals surface area (Å²) in [6.07, 6.45) is -0.103. The minimum atomic E-state index is -0.440. The van der Waals surface area contributed by atoms with Crippen molar-refractivity contribution in [3.63, 3.8) is 0 Å². The van der Waals surface area contributed by atoms with Gasteiger partial charge in [0.1, 0.15) is 12.2 Å². The highest BCUT2D eigenvalue weighted by atomic mass is 16.5. The van der Waals surface area contributed by atoms with Gasteiger partial charge in [-0.1, -0.05) is 13.8 Å². The largest absolute Gasteiger partial charge is 0.466 e. The topological polar surface area (TPSA) is 43.4 Å². The number of hydrogen-bond donors (Lipinski definition) is 0. The van der Waals surface area contributed by atoms with Gasteiger partial charge in [-0.15, -0.1) is 0 Å². The van der Waals surface area contributed by atoms with Gasteiger partial charge in [-0.2, -0.15) is 0 Å². The number of esters is 1. The van der Waals surface area contributed by atoms with Gasteiger partial charge < -0.3 is 4.74 Å². The van der Waals surface area contributed by atoms with E-state index in [1.54, 1.807) is 13.8 Å². The third-order valence-corrected chi connectivity index (χ3v) is 0.699. The van der Waals surface area contributed by atoms with Crippen LogP contribution < -0.4 is 0 Å². The van der Waals surface area contributed by atoms with Crippen LogP contribution in [-0.4, -0.2) is 18.4 Å². The van der Waals surface area contributed by atoms with Crippen LogP contribution in [0.15, 0.2) is 0 Å². The highest BCUT2D eigenvalue weighted by molar-refractivity contribution is 5.94.